The Bertz CT molecular complexity index is 898. The van der Waals surface area contributed by atoms with E-state index < -0.39 is 0 Å². The van der Waals surface area contributed by atoms with Gasteiger partial charge in [0, 0.05) is 13.1 Å². The first-order valence-corrected chi connectivity index (χ1v) is 9.77. The smallest absolute Gasteiger partial charge is 0.258 e. The maximum atomic E-state index is 13.2. The van der Waals surface area contributed by atoms with Crippen LogP contribution in [0.25, 0.3) is 11.6 Å². The minimum atomic E-state index is -0.194. The number of aliphatic hydroxyl groups excluding tert-OH is 1. The molecular formula is C20H21N3O3S. The molecule has 6 nitrogen and oxygen atoms in total. The van der Waals surface area contributed by atoms with Gasteiger partial charge in [0.1, 0.15) is 5.03 Å². The second kappa shape index (κ2) is 8.83. The van der Waals surface area contributed by atoms with Gasteiger partial charge in [-0.2, -0.15) is 0 Å². The molecule has 1 aromatic carbocycles. The summed E-state index contributed by atoms with van der Waals surface area (Å²) in [7, 11) is 0. The lowest BCUT2D eigenvalue weighted by atomic mass is 10.1. The molecule has 0 fully saturated rings. The Labute approximate surface area is 162 Å². The lowest BCUT2D eigenvalue weighted by Crippen LogP contribution is -2.34. The van der Waals surface area contributed by atoms with Crippen LogP contribution in [0, 0.1) is 6.92 Å². The van der Waals surface area contributed by atoms with Crippen LogP contribution in [0.4, 0.5) is 0 Å². The number of aromatic nitrogens is 2. The van der Waals surface area contributed by atoms with Crippen LogP contribution >= 0.6 is 11.8 Å². The van der Waals surface area contributed by atoms with Gasteiger partial charge in [-0.05, 0) is 30.9 Å². The van der Waals surface area contributed by atoms with Crippen molar-refractivity contribution < 1.29 is 14.3 Å². The van der Waals surface area contributed by atoms with E-state index in [4.69, 9.17) is 4.42 Å². The fourth-order valence-corrected chi connectivity index (χ4v) is 3.41. The van der Waals surface area contributed by atoms with Crippen LogP contribution in [0.1, 0.15) is 21.6 Å². The third kappa shape index (κ3) is 4.37. The van der Waals surface area contributed by atoms with Gasteiger partial charge in [-0.1, -0.05) is 30.3 Å². The molecule has 27 heavy (non-hydrogen) atoms. The summed E-state index contributed by atoms with van der Waals surface area (Å²) in [6.07, 6.45) is 3.44. The molecule has 0 spiro atoms. The average molecular weight is 383 g/mol. The molecule has 0 saturated carbocycles. The zero-order valence-corrected chi connectivity index (χ0v) is 16.1. The Morgan fingerprint density at radius 2 is 1.96 bits per heavy atom. The molecule has 0 unspecified atom stereocenters. The lowest BCUT2D eigenvalue weighted by Gasteiger charge is -2.23. The van der Waals surface area contributed by atoms with Crippen molar-refractivity contribution >= 4 is 17.7 Å². The van der Waals surface area contributed by atoms with E-state index in [1.165, 1.54) is 11.8 Å². The van der Waals surface area contributed by atoms with Gasteiger partial charge in [-0.25, -0.2) is 9.97 Å². The number of carbonyl (C=O) groups excluding carboxylic acids is 1. The summed E-state index contributed by atoms with van der Waals surface area (Å²) < 4.78 is 5.38. The second-order valence-corrected chi connectivity index (χ2v) is 6.73. The molecule has 140 valence electrons. The summed E-state index contributed by atoms with van der Waals surface area (Å²) in [4.78, 5) is 23.8. The third-order valence-electron chi connectivity index (χ3n) is 4.08. The van der Waals surface area contributed by atoms with Gasteiger partial charge in [0.25, 0.3) is 5.91 Å². The van der Waals surface area contributed by atoms with Gasteiger partial charge in [0.15, 0.2) is 11.6 Å². The van der Waals surface area contributed by atoms with Crippen LogP contribution in [0.5, 0.6) is 0 Å². The van der Waals surface area contributed by atoms with Crippen molar-refractivity contribution in [2.75, 3.05) is 19.4 Å². The van der Waals surface area contributed by atoms with Crippen LogP contribution in [0.15, 0.2) is 58.2 Å². The first kappa shape index (κ1) is 19.1. The summed E-state index contributed by atoms with van der Waals surface area (Å²) >= 11 is 1.39. The highest BCUT2D eigenvalue weighted by Crippen LogP contribution is 2.26. The SMILES string of the molecule is CSc1nc(-c2ccco2)nc(C)c1C(=O)N(CCO)Cc1ccccc1. The fraction of sp³-hybridized carbons (Fsp3) is 0.250. The van der Waals surface area contributed by atoms with Crippen LogP contribution in [-0.2, 0) is 6.54 Å². The molecule has 0 radical (unpaired) electrons. The maximum absolute atomic E-state index is 13.2. The number of furan rings is 1. The van der Waals surface area contributed by atoms with Crippen LogP contribution in [-0.4, -0.2) is 45.3 Å². The number of hydrogen-bond acceptors (Lipinski definition) is 6. The van der Waals surface area contributed by atoms with Gasteiger partial charge >= 0.3 is 0 Å². The molecule has 1 N–H and O–H groups in total. The van der Waals surface area contributed by atoms with Crippen molar-refractivity contribution in [3.8, 4) is 11.6 Å². The van der Waals surface area contributed by atoms with Gasteiger partial charge in [-0.15, -0.1) is 11.8 Å². The van der Waals surface area contributed by atoms with E-state index >= 15 is 0 Å². The standard InChI is InChI=1S/C20H21N3O3S/c1-14-17(19(27-2)22-18(21-14)16-9-6-12-26-16)20(25)23(10-11-24)13-15-7-4-3-5-8-15/h3-9,12,24H,10-11,13H2,1-2H3. The Balaban J connectivity index is 1.96. The molecule has 0 aliphatic carbocycles. The topological polar surface area (TPSA) is 79.5 Å². The molecule has 0 bridgehead atoms. The molecule has 0 saturated heterocycles. The van der Waals surface area contributed by atoms with Crippen LogP contribution in [0.2, 0.25) is 0 Å². The zero-order valence-electron chi connectivity index (χ0n) is 15.3. The van der Waals surface area contributed by atoms with Crippen molar-refractivity contribution in [2.45, 2.75) is 18.5 Å². The van der Waals surface area contributed by atoms with Gasteiger partial charge in [-0.3, -0.25) is 4.79 Å². The predicted molar refractivity (Wildman–Crippen MR) is 105 cm³/mol. The van der Waals surface area contributed by atoms with Gasteiger partial charge in [0.05, 0.1) is 24.1 Å². The second-order valence-electron chi connectivity index (χ2n) is 5.93. The van der Waals surface area contributed by atoms with E-state index in [1.54, 1.807) is 30.2 Å². The average Bonchev–Trinajstić information content (AvgIpc) is 3.22. The molecule has 0 atom stereocenters. The normalized spacial score (nSPS) is 10.8. The summed E-state index contributed by atoms with van der Waals surface area (Å²) in [5.74, 6) is 0.819. The highest BCUT2D eigenvalue weighted by atomic mass is 32.2. The minimum Gasteiger partial charge on any atom is -0.461 e. The summed E-state index contributed by atoms with van der Waals surface area (Å²) in [5, 5.41) is 10.0. The molecule has 0 aliphatic rings. The van der Waals surface area contributed by atoms with Crippen molar-refractivity contribution in [1.29, 1.82) is 0 Å². The maximum Gasteiger partial charge on any atom is 0.258 e. The summed E-state index contributed by atoms with van der Waals surface area (Å²) in [6.45, 7) is 2.33. The van der Waals surface area contributed by atoms with Crippen molar-refractivity contribution in [2.24, 2.45) is 0 Å². The number of amides is 1. The Morgan fingerprint density at radius 1 is 1.19 bits per heavy atom. The Morgan fingerprint density at radius 3 is 2.59 bits per heavy atom. The Kier molecular flexibility index (Phi) is 6.26. The number of thioether (sulfide) groups is 1. The molecule has 3 rings (SSSR count). The number of hydrogen-bond donors (Lipinski definition) is 1. The molecular weight excluding hydrogens is 362 g/mol. The highest BCUT2D eigenvalue weighted by molar-refractivity contribution is 7.98. The van der Waals surface area contributed by atoms with Crippen molar-refractivity contribution in [3.05, 3.63) is 65.5 Å². The van der Waals surface area contributed by atoms with E-state index in [0.717, 1.165) is 5.56 Å². The third-order valence-corrected chi connectivity index (χ3v) is 4.76. The first-order valence-electron chi connectivity index (χ1n) is 8.54. The lowest BCUT2D eigenvalue weighted by molar-refractivity contribution is 0.0702. The van der Waals surface area contributed by atoms with Crippen LogP contribution in [0.3, 0.4) is 0 Å². The molecule has 1 amide bonds. The molecule has 2 heterocycles. The highest BCUT2D eigenvalue weighted by Gasteiger charge is 2.24. The van der Waals surface area contributed by atoms with Gasteiger partial charge < -0.3 is 14.4 Å². The number of aryl methyl sites for hydroxylation is 1. The van der Waals surface area contributed by atoms with E-state index in [2.05, 4.69) is 9.97 Å². The first-order chi connectivity index (χ1) is 13.1. The molecule has 2 aromatic heterocycles. The van der Waals surface area contributed by atoms with Crippen molar-refractivity contribution in [1.82, 2.24) is 14.9 Å². The largest absolute Gasteiger partial charge is 0.461 e. The summed E-state index contributed by atoms with van der Waals surface area (Å²) in [5.41, 5.74) is 2.04. The number of rotatable bonds is 7. The van der Waals surface area contributed by atoms with E-state index in [-0.39, 0.29) is 19.1 Å². The molecule has 7 heteroatoms. The number of carbonyl (C=O) groups is 1. The monoisotopic (exact) mass is 383 g/mol. The van der Waals surface area contributed by atoms with E-state index in [0.29, 0.717) is 34.4 Å². The number of benzene rings is 1. The van der Waals surface area contributed by atoms with E-state index in [9.17, 15) is 9.90 Å². The van der Waals surface area contributed by atoms with Gasteiger partial charge in [0.2, 0.25) is 0 Å². The minimum absolute atomic E-state index is 0.114. The zero-order chi connectivity index (χ0) is 19.2. The Hall–Kier alpha value is -2.64. The van der Waals surface area contributed by atoms with Crippen molar-refractivity contribution in [3.63, 3.8) is 0 Å². The van der Waals surface area contributed by atoms with Crippen LogP contribution < -0.4 is 0 Å². The van der Waals surface area contributed by atoms with E-state index in [1.807, 2.05) is 36.6 Å². The molecule has 3 aromatic rings. The quantitative estimate of drug-likeness (QED) is 0.498. The fourth-order valence-electron chi connectivity index (χ4n) is 2.79. The predicted octanol–water partition coefficient (Wildman–Crippen LogP) is 3.40. The number of nitrogens with zero attached hydrogens (tertiary/aromatic N) is 3. The molecule has 0 aliphatic heterocycles. The summed E-state index contributed by atoms with van der Waals surface area (Å²) in [6, 6.07) is 13.3. The number of aliphatic hydroxyl groups is 1.